The maximum absolute atomic E-state index is 10.7. The third-order valence-corrected chi connectivity index (χ3v) is 5.94. The first kappa shape index (κ1) is 26.4. The Morgan fingerprint density at radius 1 is 0.800 bits per heavy atom. The zero-order chi connectivity index (χ0) is 25.3. The third-order valence-electron chi connectivity index (χ3n) is 5.94. The number of aliphatic hydroxyl groups is 1. The molecule has 0 aliphatic heterocycles. The van der Waals surface area contributed by atoms with Crippen molar-refractivity contribution in [2.24, 2.45) is 5.41 Å². The third kappa shape index (κ3) is 6.92. The van der Waals surface area contributed by atoms with Gasteiger partial charge in [0.2, 0.25) is 0 Å². The predicted molar refractivity (Wildman–Crippen MR) is 136 cm³/mol. The van der Waals surface area contributed by atoms with E-state index in [1.807, 2.05) is 54.6 Å². The molecular formula is C29H35NO5. The molecule has 0 bridgehead atoms. The molecule has 3 N–H and O–H groups in total. The van der Waals surface area contributed by atoms with Crippen molar-refractivity contribution in [2.45, 2.75) is 38.6 Å². The van der Waals surface area contributed by atoms with Crippen LogP contribution >= 0.6 is 0 Å². The van der Waals surface area contributed by atoms with Gasteiger partial charge in [0.1, 0.15) is 5.60 Å². The number of amides is 1. The molecule has 0 radical (unpaired) electrons. The van der Waals surface area contributed by atoms with E-state index in [1.165, 1.54) is 0 Å². The number of carbonyl (C=O) groups is 1. The quantitative estimate of drug-likeness (QED) is 0.336. The smallest absolute Gasteiger partial charge is 0.404 e. The number of benzene rings is 3. The van der Waals surface area contributed by atoms with Gasteiger partial charge >= 0.3 is 6.09 Å². The first-order valence-electron chi connectivity index (χ1n) is 11.8. The molecule has 0 aliphatic rings. The summed E-state index contributed by atoms with van der Waals surface area (Å²) >= 11 is 0. The summed E-state index contributed by atoms with van der Waals surface area (Å²) in [6.07, 6.45) is -2.51. The maximum atomic E-state index is 10.7. The van der Waals surface area contributed by atoms with Crippen LogP contribution in [0.3, 0.4) is 0 Å². The van der Waals surface area contributed by atoms with Gasteiger partial charge < -0.3 is 25.0 Å². The highest BCUT2D eigenvalue weighted by Gasteiger charge is 2.39. The molecular weight excluding hydrogens is 442 g/mol. The zero-order valence-electron chi connectivity index (χ0n) is 20.6. The fourth-order valence-electron chi connectivity index (χ4n) is 4.01. The second-order valence-corrected chi connectivity index (χ2v) is 9.62. The molecule has 0 aromatic heterocycles. The Bertz CT molecular complexity index is 938. The van der Waals surface area contributed by atoms with Crippen molar-refractivity contribution >= 4 is 6.09 Å². The van der Waals surface area contributed by atoms with Gasteiger partial charge in [0.05, 0.1) is 25.4 Å². The summed E-state index contributed by atoms with van der Waals surface area (Å²) in [5, 5.41) is 21.2. The molecule has 1 amide bonds. The van der Waals surface area contributed by atoms with Crippen LogP contribution in [0.25, 0.3) is 0 Å². The Labute approximate surface area is 207 Å². The highest BCUT2D eigenvalue weighted by molar-refractivity contribution is 5.64. The fourth-order valence-corrected chi connectivity index (χ4v) is 4.01. The van der Waals surface area contributed by atoms with Gasteiger partial charge in [-0.2, -0.15) is 0 Å². The highest BCUT2D eigenvalue weighted by atomic mass is 16.5. The van der Waals surface area contributed by atoms with Gasteiger partial charge in [0.25, 0.3) is 0 Å². The lowest BCUT2D eigenvalue weighted by Gasteiger charge is -2.39. The molecule has 3 aromatic rings. The van der Waals surface area contributed by atoms with E-state index in [0.29, 0.717) is 0 Å². The molecule has 0 saturated heterocycles. The summed E-state index contributed by atoms with van der Waals surface area (Å²) in [5.74, 6) is 0. The number of hydrogen-bond acceptors (Lipinski definition) is 4. The van der Waals surface area contributed by atoms with E-state index in [0.717, 1.165) is 16.7 Å². The molecule has 0 aliphatic carbocycles. The molecule has 3 rings (SSSR count). The Hall–Kier alpha value is -3.19. The topological polar surface area (TPSA) is 88.0 Å². The monoisotopic (exact) mass is 477 g/mol. The van der Waals surface area contributed by atoms with E-state index in [-0.39, 0.29) is 31.3 Å². The molecule has 0 fully saturated rings. The predicted octanol–water partition coefficient (Wildman–Crippen LogP) is 5.05. The zero-order valence-corrected chi connectivity index (χ0v) is 20.6. The average molecular weight is 478 g/mol. The summed E-state index contributed by atoms with van der Waals surface area (Å²) in [4.78, 5) is 10.7. The van der Waals surface area contributed by atoms with Crippen LogP contribution in [0.15, 0.2) is 91.0 Å². The first-order chi connectivity index (χ1) is 16.7. The number of aliphatic hydroxyl groups excluding tert-OH is 1. The SMILES string of the molecule is CC(C)(C)C(COC(c1ccccc1)(c1ccccc1)c1ccccc1)OCC(O)CNC(=O)O. The maximum Gasteiger partial charge on any atom is 0.404 e. The van der Waals surface area contributed by atoms with E-state index in [1.54, 1.807) is 0 Å². The van der Waals surface area contributed by atoms with Crippen molar-refractivity contribution in [3.05, 3.63) is 108 Å². The normalized spacial score (nSPS) is 13.7. The Morgan fingerprint density at radius 3 is 1.60 bits per heavy atom. The molecule has 35 heavy (non-hydrogen) atoms. The molecule has 3 aromatic carbocycles. The minimum Gasteiger partial charge on any atom is -0.465 e. The molecule has 6 heteroatoms. The Kier molecular flexibility index (Phi) is 9.04. The van der Waals surface area contributed by atoms with E-state index in [4.69, 9.17) is 14.6 Å². The van der Waals surface area contributed by atoms with Crippen LogP contribution in [-0.2, 0) is 15.1 Å². The van der Waals surface area contributed by atoms with E-state index < -0.39 is 17.8 Å². The van der Waals surface area contributed by atoms with Crippen molar-refractivity contribution in [2.75, 3.05) is 19.8 Å². The number of nitrogens with one attached hydrogen (secondary N) is 1. The lowest BCUT2D eigenvalue weighted by Crippen LogP contribution is -2.42. The summed E-state index contributed by atoms with van der Waals surface area (Å²) in [7, 11) is 0. The summed E-state index contributed by atoms with van der Waals surface area (Å²) in [6.45, 7) is 6.30. The Balaban J connectivity index is 1.95. The van der Waals surface area contributed by atoms with E-state index in [2.05, 4.69) is 62.5 Å². The molecule has 2 atom stereocenters. The van der Waals surface area contributed by atoms with Crippen molar-refractivity contribution in [3.8, 4) is 0 Å². The lowest BCUT2D eigenvalue weighted by atomic mass is 9.79. The van der Waals surface area contributed by atoms with Gasteiger partial charge in [0, 0.05) is 6.54 Å². The van der Waals surface area contributed by atoms with Gasteiger partial charge in [-0.25, -0.2) is 4.79 Å². The van der Waals surface area contributed by atoms with Gasteiger partial charge in [-0.05, 0) is 22.1 Å². The van der Waals surface area contributed by atoms with Crippen LogP contribution < -0.4 is 5.32 Å². The number of carboxylic acid groups (broad SMARTS) is 1. The summed E-state index contributed by atoms with van der Waals surface area (Å²) in [5.41, 5.74) is 1.82. The molecule has 6 nitrogen and oxygen atoms in total. The van der Waals surface area contributed by atoms with E-state index >= 15 is 0 Å². The number of rotatable bonds is 11. The van der Waals surface area contributed by atoms with Crippen molar-refractivity contribution in [1.82, 2.24) is 5.32 Å². The minimum atomic E-state index is -1.18. The van der Waals surface area contributed by atoms with Crippen molar-refractivity contribution in [3.63, 3.8) is 0 Å². The summed E-state index contributed by atoms with van der Waals surface area (Å²) < 4.78 is 13.0. The van der Waals surface area contributed by atoms with Crippen LogP contribution in [0, 0.1) is 5.41 Å². The minimum absolute atomic E-state index is 0.0133. The largest absolute Gasteiger partial charge is 0.465 e. The van der Waals surface area contributed by atoms with Gasteiger partial charge in [-0.1, -0.05) is 112 Å². The fraction of sp³-hybridized carbons (Fsp3) is 0.345. The van der Waals surface area contributed by atoms with Crippen LogP contribution in [0.5, 0.6) is 0 Å². The standard InChI is InChI=1S/C29H35NO5/c1-28(2,3)26(34-20-25(31)19-30-27(32)33)21-35-29(22-13-7-4-8-14-22,23-15-9-5-10-16-23)24-17-11-6-12-18-24/h4-18,25-26,30-31H,19-21H2,1-3H3,(H,32,33). The second-order valence-electron chi connectivity index (χ2n) is 9.62. The molecule has 2 unspecified atom stereocenters. The number of hydrogen-bond donors (Lipinski definition) is 3. The first-order valence-corrected chi connectivity index (χ1v) is 11.8. The van der Waals surface area contributed by atoms with Crippen LogP contribution in [0.4, 0.5) is 4.79 Å². The van der Waals surface area contributed by atoms with Gasteiger partial charge in [-0.15, -0.1) is 0 Å². The van der Waals surface area contributed by atoms with E-state index in [9.17, 15) is 9.90 Å². The number of ether oxygens (including phenoxy) is 2. The molecule has 0 spiro atoms. The van der Waals surface area contributed by atoms with Gasteiger partial charge in [0.15, 0.2) is 0 Å². The molecule has 186 valence electrons. The van der Waals surface area contributed by atoms with Crippen LogP contribution in [0.2, 0.25) is 0 Å². The van der Waals surface area contributed by atoms with Crippen molar-refractivity contribution in [1.29, 1.82) is 0 Å². The lowest BCUT2D eigenvalue weighted by molar-refractivity contribution is -0.116. The van der Waals surface area contributed by atoms with Crippen molar-refractivity contribution < 1.29 is 24.5 Å². The average Bonchev–Trinajstić information content (AvgIpc) is 2.86. The van der Waals surface area contributed by atoms with Gasteiger partial charge in [-0.3, -0.25) is 0 Å². The van der Waals surface area contributed by atoms with Crippen LogP contribution in [0.1, 0.15) is 37.5 Å². The second kappa shape index (κ2) is 12.0. The Morgan fingerprint density at radius 2 is 1.23 bits per heavy atom. The highest BCUT2D eigenvalue weighted by Crippen LogP contribution is 2.41. The molecule has 0 saturated carbocycles. The summed E-state index contributed by atoms with van der Waals surface area (Å²) in [6, 6.07) is 30.4. The molecule has 0 heterocycles. The van der Waals surface area contributed by atoms with Crippen LogP contribution in [-0.4, -0.2) is 48.3 Å².